The van der Waals surface area contributed by atoms with Crippen LogP contribution in [0.3, 0.4) is 0 Å². The van der Waals surface area contributed by atoms with Crippen LogP contribution >= 0.6 is 11.8 Å². The quantitative estimate of drug-likeness (QED) is 0.457. The summed E-state index contributed by atoms with van der Waals surface area (Å²) >= 11 is 1.46. The highest BCUT2D eigenvalue weighted by atomic mass is 32.2. The molecule has 1 heterocycles. The molecule has 0 radical (unpaired) electrons. The van der Waals surface area contributed by atoms with Gasteiger partial charge in [-0.1, -0.05) is 18.2 Å². The fourth-order valence-electron chi connectivity index (χ4n) is 2.73. The molecule has 0 aliphatic rings. The number of para-hydroxylation sites is 2. The Balaban J connectivity index is 1.37. The van der Waals surface area contributed by atoms with Crippen LogP contribution in [0.1, 0.15) is 0 Å². The summed E-state index contributed by atoms with van der Waals surface area (Å²) < 4.78 is 11.0. The first-order valence-corrected chi connectivity index (χ1v) is 9.72. The third-order valence-corrected chi connectivity index (χ3v) is 5.11. The predicted octanol–water partition coefficient (Wildman–Crippen LogP) is 5.23. The van der Waals surface area contributed by atoms with Gasteiger partial charge in [-0.05, 0) is 54.6 Å². The molecule has 0 aliphatic carbocycles. The lowest BCUT2D eigenvalue weighted by atomic mass is 10.2. The van der Waals surface area contributed by atoms with Gasteiger partial charge in [0.25, 0.3) is 0 Å². The van der Waals surface area contributed by atoms with Gasteiger partial charge < -0.3 is 14.5 Å². The molecule has 140 valence electrons. The van der Waals surface area contributed by atoms with E-state index in [0.29, 0.717) is 11.6 Å². The number of fused-ring (bicyclic) bond motifs is 1. The van der Waals surface area contributed by atoms with Crippen LogP contribution in [0.25, 0.3) is 22.6 Å². The van der Waals surface area contributed by atoms with E-state index in [0.717, 1.165) is 33.0 Å². The number of oxazole rings is 1. The number of carbonyl (C=O) groups is 1. The van der Waals surface area contributed by atoms with Crippen LogP contribution in [0.5, 0.6) is 5.75 Å². The molecule has 0 saturated carbocycles. The monoisotopic (exact) mass is 390 g/mol. The van der Waals surface area contributed by atoms with Gasteiger partial charge in [0.2, 0.25) is 11.8 Å². The Morgan fingerprint density at radius 1 is 1.07 bits per heavy atom. The van der Waals surface area contributed by atoms with Gasteiger partial charge >= 0.3 is 0 Å². The second-order valence-electron chi connectivity index (χ2n) is 6.08. The molecule has 1 N–H and O–H groups in total. The summed E-state index contributed by atoms with van der Waals surface area (Å²) in [4.78, 5) is 17.7. The summed E-state index contributed by atoms with van der Waals surface area (Å²) in [5.41, 5.74) is 3.17. The van der Waals surface area contributed by atoms with E-state index >= 15 is 0 Å². The van der Waals surface area contributed by atoms with Crippen molar-refractivity contribution in [2.24, 2.45) is 0 Å². The van der Waals surface area contributed by atoms with E-state index in [1.165, 1.54) is 11.8 Å². The van der Waals surface area contributed by atoms with Crippen molar-refractivity contribution < 1.29 is 13.9 Å². The number of hydrogen-bond donors (Lipinski definition) is 1. The lowest BCUT2D eigenvalue weighted by Crippen LogP contribution is -2.13. The maximum Gasteiger partial charge on any atom is 0.234 e. The third-order valence-electron chi connectivity index (χ3n) is 4.12. The van der Waals surface area contributed by atoms with Crippen LogP contribution in [0, 0.1) is 0 Å². The Labute approximate surface area is 166 Å². The van der Waals surface area contributed by atoms with Crippen LogP contribution in [0.2, 0.25) is 0 Å². The van der Waals surface area contributed by atoms with Crippen molar-refractivity contribution in [1.29, 1.82) is 0 Å². The largest absolute Gasteiger partial charge is 0.497 e. The number of carbonyl (C=O) groups excluding carboxylic acids is 1. The Morgan fingerprint density at radius 2 is 1.89 bits per heavy atom. The molecule has 4 rings (SSSR count). The molecular formula is C22H18N2O3S. The van der Waals surface area contributed by atoms with E-state index in [9.17, 15) is 4.79 Å². The number of nitrogens with zero attached hydrogens (tertiary/aromatic N) is 1. The van der Waals surface area contributed by atoms with Gasteiger partial charge in [-0.3, -0.25) is 4.79 Å². The molecular weight excluding hydrogens is 372 g/mol. The fourth-order valence-corrected chi connectivity index (χ4v) is 3.47. The van der Waals surface area contributed by atoms with Crippen LogP contribution in [-0.2, 0) is 4.79 Å². The number of thioether (sulfide) groups is 1. The third kappa shape index (κ3) is 4.18. The van der Waals surface area contributed by atoms with Crippen molar-refractivity contribution in [2.45, 2.75) is 4.90 Å². The van der Waals surface area contributed by atoms with E-state index in [1.54, 1.807) is 7.11 Å². The first-order valence-electron chi connectivity index (χ1n) is 8.74. The van der Waals surface area contributed by atoms with Gasteiger partial charge in [0, 0.05) is 16.1 Å². The molecule has 0 aliphatic heterocycles. The molecule has 0 atom stereocenters. The number of benzene rings is 3. The number of ether oxygens (including phenoxy) is 1. The number of hydrogen-bond acceptors (Lipinski definition) is 5. The topological polar surface area (TPSA) is 64.4 Å². The minimum absolute atomic E-state index is 0.0672. The molecule has 0 unspecified atom stereocenters. The molecule has 6 heteroatoms. The highest BCUT2D eigenvalue weighted by molar-refractivity contribution is 8.00. The van der Waals surface area contributed by atoms with E-state index < -0.39 is 0 Å². The van der Waals surface area contributed by atoms with Crippen molar-refractivity contribution in [1.82, 2.24) is 4.98 Å². The second kappa shape index (κ2) is 8.19. The van der Waals surface area contributed by atoms with E-state index in [2.05, 4.69) is 10.3 Å². The zero-order chi connectivity index (χ0) is 19.3. The normalized spacial score (nSPS) is 10.8. The number of nitrogens with one attached hydrogen (secondary N) is 1. The Morgan fingerprint density at radius 3 is 2.68 bits per heavy atom. The molecule has 4 aromatic rings. The predicted molar refractivity (Wildman–Crippen MR) is 112 cm³/mol. The zero-order valence-electron chi connectivity index (χ0n) is 15.2. The van der Waals surface area contributed by atoms with Gasteiger partial charge in [0.1, 0.15) is 11.3 Å². The lowest BCUT2D eigenvalue weighted by Gasteiger charge is -2.07. The highest BCUT2D eigenvalue weighted by Crippen LogP contribution is 2.26. The van der Waals surface area contributed by atoms with E-state index in [1.807, 2.05) is 72.8 Å². The molecule has 0 spiro atoms. The summed E-state index contributed by atoms with van der Waals surface area (Å²) in [5.74, 6) is 1.59. The molecule has 0 bridgehead atoms. The maximum atomic E-state index is 12.2. The number of aromatic nitrogens is 1. The van der Waals surface area contributed by atoms with Crippen LogP contribution < -0.4 is 10.1 Å². The summed E-state index contributed by atoms with van der Waals surface area (Å²) in [6.45, 7) is 0. The van der Waals surface area contributed by atoms with Crippen molar-refractivity contribution in [2.75, 3.05) is 18.2 Å². The van der Waals surface area contributed by atoms with Crippen LogP contribution in [0.4, 0.5) is 5.69 Å². The highest BCUT2D eigenvalue weighted by Gasteiger charge is 2.09. The van der Waals surface area contributed by atoms with Gasteiger partial charge in [0.05, 0.1) is 12.9 Å². The Kier molecular flexibility index (Phi) is 5.30. The molecule has 5 nitrogen and oxygen atoms in total. The van der Waals surface area contributed by atoms with Crippen LogP contribution in [0.15, 0.2) is 82.1 Å². The molecule has 0 saturated heterocycles. The molecule has 28 heavy (non-hydrogen) atoms. The number of methoxy groups -OCH3 is 1. The first kappa shape index (κ1) is 18.1. The van der Waals surface area contributed by atoms with E-state index in [-0.39, 0.29) is 5.91 Å². The van der Waals surface area contributed by atoms with Gasteiger partial charge in [-0.2, -0.15) is 0 Å². The SMILES string of the molecule is COc1cccc(SCC(=O)Nc2ccc(-c3nc4ccccc4o3)cc2)c1. The fraction of sp³-hybridized carbons (Fsp3) is 0.0909. The van der Waals surface area contributed by atoms with E-state index in [4.69, 9.17) is 9.15 Å². The Bertz CT molecular complexity index is 1070. The van der Waals surface area contributed by atoms with Crippen molar-refractivity contribution >= 4 is 34.5 Å². The minimum Gasteiger partial charge on any atom is -0.497 e. The first-order chi connectivity index (χ1) is 13.7. The average Bonchev–Trinajstić information content (AvgIpc) is 3.17. The summed E-state index contributed by atoms with van der Waals surface area (Å²) in [7, 11) is 1.63. The standard InChI is InChI=1S/C22H18N2O3S/c1-26-17-5-4-6-18(13-17)28-14-21(25)23-16-11-9-15(10-12-16)22-24-19-7-2-3-8-20(19)27-22/h2-13H,14H2,1H3,(H,23,25). The van der Waals surface area contributed by atoms with Crippen molar-refractivity contribution in [3.05, 3.63) is 72.8 Å². The lowest BCUT2D eigenvalue weighted by molar-refractivity contribution is -0.113. The number of amides is 1. The molecule has 0 fully saturated rings. The van der Waals surface area contributed by atoms with Gasteiger partial charge in [-0.25, -0.2) is 4.98 Å². The maximum absolute atomic E-state index is 12.2. The van der Waals surface area contributed by atoms with Crippen molar-refractivity contribution in [3.8, 4) is 17.2 Å². The Hall–Kier alpha value is -3.25. The molecule has 1 amide bonds. The molecule has 3 aromatic carbocycles. The summed E-state index contributed by atoms with van der Waals surface area (Å²) in [6, 6.07) is 22.8. The second-order valence-corrected chi connectivity index (χ2v) is 7.13. The smallest absolute Gasteiger partial charge is 0.234 e. The number of anilines is 1. The zero-order valence-corrected chi connectivity index (χ0v) is 16.0. The van der Waals surface area contributed by atoms with Crippen molar-refractivity contribution in [3.63, 3.8) is 0 Å². The van der Waals surface area contributed by atoms with Gasteiger partial charge in [0.15, 0.2) is 5.58 Å². The van der Waals surface area contributed by atoms with Crippen LogP contribution in [-0.4, -0.2) is 23.8 Å². The average molecular weight is 390 g/mol. The van der Waals surface area contributed by atoms with Gasteiger partial charge in [-0.15, -0.1) is 11.8 Å². The molecule has 1 aromatic heterocycles. The minimum atomic E-state index is -0.0672. The summed E-state index contributed by atoms with van der Waals surface area (Å²) in [6.07, 6.45) is 0. The number of rotatable bonds is 6. The summed E-state index contributed by atoms with van der Waals surface area (Å²) in [5, 5.41) is 2.90.